The van der Waals surface area contributed by atoms with Gasteiger partial charge in [-0.15, -0.1) is 0 Å². The second-order valence-corrected chi connectivity index (χ2v) is 8.06. The van der Waals surface area contributed by atoms with Gasteiger partial charge in [0.25, 0.3) is 0 Å². The summed E-state index contributed by atoms with van der Waals surface area (Å²) in [5, 5.41) is 10.5. The van der Waals surface area contributed by atoms with Gasteiger partial charge in [0.15, 0.2) is 5.78 Å². The van der Waals surface area contributed by atoms with Crippen LogP contribution in [0.25, 0.3) is 0 Å². The van der Waals surface area contributed by atoms with Gasteiger partial charge in [0.05, 0.1) is 5.56 Å². The first-order valence-corrected chi connectivity index (χ1v) is 10.8. The largest absolute Gasteiger partial charge is 0.507 e. The Hall–Kier alpha value is -1.31. The number of carbonyl (C=O) groups is 1. The molecule has 0 aliphatic rings. The maximum Gasteiger partial charge on any atom is 0.166 e. The van der Waals surface area contributed by atoms with Crippen molar-refractivity contribution in [3.63, 3.8) is 0 Å². The molecule has 0 bridgehead atoms. The zero-order valence-corrected chi connectivity index (χ0v) is 17.6. The second-order valence-electron chi connectivity index (χ2n) is 8.06. The maximum absolute atomic E-state index is 12.6. The number of rotatable bonds is 14. The summed E-state index contributed by atoms with van der Waals surface area (Å²) in [6.45, 7) is 8.26. The molecule has 148 valence electrons. The highest BCUT2D eigenvalue weighted by Crippen LogP contribution is 2.32. The van der Waals surface area contributed by atoms with E-state index >= 15 is 0 Å². The third-order valence-electron chi connectivity index (χ3n) is 5.33. The fourth-order valence-corrected chi connectivity index (χ4v) is 3.60. The van der Waals surface area contributed by atoms with E-state index in [1.807, 2.05) is 32.9 Å². The first kappa shape index (κ1) is 22.7. The van der Waals surface area contributed by atoms with Crippen molar-refractivity contribution in [2.75, 3.05) is 0 Å². The van der Waals surface area contributed by atoms with Crippen LogP contribution in [0.1, 0.15) is 125 Å². The monoisotopic (exact) mass is 360 g/mol. The molecule has 2 heteroatoms. The molecule has 0 aliphatic heterocycles. The average Bonchev–Trinajstić information content (AvgIpc) is 2.59. The topological polar surface area (TPSA) is 37.3 Å². The number of hydrogen-bond acceptors (Lipinski definition) is 2. The van der Waals surface area contributed by atoms with Crippen LogP contribution in [0.2, 0.25) is 0 Å². The lowest BCUT2D eigenvalue weighted by molar-refractivity contribution is 0.0975. The highest BCUT2D eigenvalue weighted by molar-refractivity contribution is 6.00. The van der Waals surface area contributed by atoms with Crippen molar-refractivity contribution in [3.8, 4) is 5.75 Å². The molecule has 0 heterocycles. The molecule has 0 saturated heterocycles. The molecule has 0 saturated carbocycles. The minimum atomic E-state index is 0.0958. The lowest BCUT2D eigenvalue weighted by Crippen LogP contribution is -2.05. The second kappa shape index (κ2) is 12.9. The van der Waals surface area contributed by atoms with E-state index in [2.05, 4.69) is 6.92 Å². The Morgan fingerprint density at radius 3 is 1.88 bits per heavy atom. The van der Waals surface area contributed by atoms with Gasteiger partial charge in [-0.2, -0.15) is 0 Å². The summed E-state index contributed by atoms with van der Waals surface area (Å²) in [6, 6.07) is 3.90. The Bertz CT molecular complexity index is 531. The van der Waals surface area contributed by atoms with Gasteiger partial charge in [-0.1, -0.05) is 97.1 Å². The number of phenolic OH excluding ortho intramolecular Hbond substituents is 1. The number of ketones is 1. The molecule has 2 nitrogen and oxygen atoms in total. The van der Waals surface area contributed by atoms with Crippen molar-refractivity contribution < 1.29 is 9.90 Å². The average molecular weight is 361 g/mol. The number of phenols is 1. The van der Waals surface area contributed by atoms with Crippen LogP contribution in [0, 0.1) is 6.92 Å². The number of unbranched alkanes of at least 4 members (excludes halogenated alkanes) is 10. The van der Waals surface area contributed by atoms with E-state index in [9.17, 15) is 9.90 Å². The zero-order chi connectivity index (χ0) is 19.4. The lowest BCUT2D eigenvalue weighted by atomic mass is 9.92. The van der Waals surface area contributed by atoms with E-state index in [0.29, 0.717) is 12.0 Å². The predicted octanol–water partition coefficient (Wildman–Crippen LogP) is 7.71. The van der Waals surface area contributed by atoms with Crippen LogP contribution in [-0.4, -0.2) is 10.9 Å². The van der Waals surface area contributed by atoms with Crippen molar-refractivity contribution in [1.29, 1.82) is 0 Å². The van der Waals surface area contributed by atoms with Crippen LogP contribution >= 0.6 is 0 Å². The van der Waals surface area contributed by atoms with E-state index < -0.39 is 0 Å². The van der Waals surface area contributed by atoms with Gasteiger partial charge in [-0.3, -0.25) is 4.79 Å². The molecule has 0 aliphatic carbocycles. The summed E-state index contributed by atoms with van der Waals surface area (Å²) in [6.07, 6.45) is 14.6. The van der Waals surface area contributed by atoms with Crippen molar-refractivity contribution in [3.05, 3.63) is 28.8 Å². The zero-order valence-electron chi connectivity index (χ0n) is 17.6. The van der Waals surface area contributed by atoms with Crippen LogP contribution in [0.15, 0.2) is 12.1 Å². The van der Waals surface area contributed by atoms with Gasteiger partial charge >= 0.3 is 0 Å². The molecule has 1 aromatic carbocycles. The third kappa shape index (κ3) is 7.93. The number of carbonyl (C=O) groups excluding carboxylic acids is 1. The molecule has 0 spiro atoms. The first-order chi connectivity index (χ1) is 12.5. The van der Waals surface area contributed by atoms with E-state index in [1.54, 1.807) is 0 Å². The minimum absolute atomic E-state index is 0.0958. The molecule has 1 aromatic rings. The van der Waals surface area contributed by atoms with Gasteiger partial charge in [-0.05, 0) is 30.4 Å². The van der Waals surface area contributed by atoms with E-state index in [4.69, 9.17) is 0 Å². The van der Waals surface area contributed by atoms with E-state index in [-0.39, 0.29) is 17.5 Å². The van der Waals surface area contributed by atoms with Crippen LogP contribution in [-0.2, 0) is 0 Å². The molecular formula is C24H40O2. The van der Waals surface area contributed by atoms with E-state index in [0.717, 1.165) is 24.0 Å². The van der Waals surface area contributed by atoms with Crippen molar-refractivity contribution in [2.45, 2.75) is 111 Å². The fourth-order valence-electron chi connectivity index (χ4n) is 3.60. The predicted molar refractivity (Wildman–Crippen MR) is 112 cm³/mol. The van der Waals surface area contributed by atoms with E-state index in [1.165, 1.54) is 57.8 Å². The highest BCUT2D eigenvalue weighted by atomic mass is 16.3. The third-order valence-corrected chi connectivity index (χ3v) is 5.33. The normalized spacial score (nSPS) is 11.3. The van der Waals surface area contributed by atoms with Gasteiger partial charge in [0, 0.05) is 6.42 Å². The smallest absolute Gasteiger partial charge is 0.166 e. The molecule has 1 rings (SSSR count). The SMILES string of the molecule is CCCCCCCCCCCCCC(=O)c1c(C)ccc(C(C)C)c1O. The molecule has 0 unspecified atom stereocenters. The summed E-state index contributed by atoms with van der Waals surface area (Å²) in [5.74, 6) is 0.524. The minimum Gasteiger partial charge on any atom is -0.507 e. The molecular weight excluding hydrogens is 320 g/mol. The van der Waals surface area contributed by atoms with Gasteiger partial charge < -0.3 is 5.11 Å². The summed E-state index contributed by atoms with van der Waals surface area (Å²) in [4.78, 5) is 12.6. The Morgan fingerprint density at radius 1 is 0.885 bits per heavy atom. The maximum atomic E-state index is 12.6. The van der Waals surface area contributed by atoms with Crippen molar-refractivity contribution in [1.82, 2.24) is 0 Å². The summed E-state index contributed by atoms with van der Waals surface area (Å²) in [5.41, 5.74) is 2.31. The Balaban J connectivity index is 2.24. The summed E-state index contributed by atoms with van der Waals surface area (Å²) >= 11 is 0. The van der Waals surface area contributed by atoms with Crippen LogP contribution < -0.4 is 0 Å². The molecule has 26 heavy (non-hydrogen) atoms. The Kier molecular flexibility index (Phi) is 11.3. The number of aryl methyl sites for hydroxylation is 1. The summed E-state index contributed by atoms with van der Waals surface area (Å²) < 4.78 is 0. The molecule has 0 radical (unpaired) electrons. The lowest BCUT2D eigenvalue weighted by Gasteiger charge is -2.14. The quantitative estimate of drug-likeness (QED) is 0.272. The Labute approximate surface area is 161 Å². The van der Waals surface area contributed by atoms with Gasteiger partial charge in [0.2, 0.25) is 0 Å². The number of hydrogen-bond donors (Lipinski definition) is 1. The Morgan fingerprint density at radius 2 is 1.38 bits per heavy atom. The molecule has 0 atom stereocenters. The van der Waals surface area contributed by atoms with Crippen LogP contribution in [0.3, 0.4) is 0 Å². The van der Waals surface area contributed by atoms with Crippen molar-refractivity contribution >= 4 is 5.78 Å². The number of aromatic hydroxyl groups is 1. The highest BCUT2D eigenvalue weighted by Gasteiger charge is 2.18. The molecule has 0 amide bonds. The number of Topliss-reactive ketones (excluding diaryl/α,β-unsaturated/α-hetero) is 1. The van der Waals surface area contributed by atoms with Crippen LogP contribution in [0.5, 0.6) is 5.75 Å². The van der Waals surface area contributed by atoms with Crippen LogP contribution in [0.4, 0.5) is 0 Å². The molecule has 0 fully saturated rings. The summed E-state index contributed by atoms with van der Waals surface area (Å²) in [7, 11) is 0. The fraction of sp³-hybridized carbons (Fsp3) is 0.708. The standard InChI is InChI=1S/C24H40O2/c1-5-6-7-8-9-10-11-12-13-14-15-16-22(25)23-20(4)17-18-21(19(2)3)24(23)26/h17-19,26H,5-16H2,1-4H3. The first-order valence-electron chi connectivity index (χ1n) is 10.8. The van der Waals surface area contributed by atoms with Crippen molar-refractivity contribution in [2.24, 2.45) is 0 Å². The van der Waals surface area contributed by atoms with Gasteiger partial charge in [0.1, 0.15) is 5.75 Å². The molecule has 1 N–H and O–H groups in total. The molecule has 0 aromatic heterocycles. The van der Waals surface area contributed by atoms with Gasteiger partial charge in [-0.25, -0.2) is 0 Å². The number of benzene rings is 1.